The zero-order valence-corrected chi connectivity index (χ0v) is 18.3. The topological polar surface area (TPSA) is 79.0 Å². The zero-order chi connectivity index (χ0) is 21.2. The number of hydrogen-bond donors (Lipinski definition) is 1. The third-order valence-electron chi connectivity index (χ3n) is 4.66. The minimum Gasteiger partial charge on any atom is -0.494 e. The van der Waals surface area contributed by atoms with Crippen molar-refractivity contribution in [3.63, 3.8) is 0 Å². The summed E-state index contributed by atoms with van der Waals surface area (Å²) in [5, 5.41) is 3.40. The molecule has 10 heteroatoms. The Bertz CT molecular complexity index is 1000. The van der Waals surface area contributed by atoms with Gasteiger partial charge in [-0.05, 0) is 36.4 Å². The molecule has 0 aliphatic carbocycles. The summed E-state index contributed by atoms with van der Waals surface area (Å²) in [6.07, 6.45) is 1.22. The Morgan fingerprint density at radius 1 is 1.07 bits per heavy atom. The summed E-state index contributed by atoms with van der Waals surface area (Å²) in [6, 6.07) is 10.3. The van der Waals surface area contributed by atoms with Crippen molar-refractivity contribution >= 4 is 50.5 Å². The van der Waals surface area contributed by atoms with Crippen molar-refractivity contribution in [1.29, 1.82) is 0 Å². The number of sulfonamides is 1. The van der Waals surface area contributed by atoms with E-state index in [9.17, 15) is 13.2 Å². The number of piperazine rings is 1. The predicted molar refractivity (Wildman–Crippen MR) is 116 cm³/mol. The fraction of sp³-hybridized carbons (Fsp3) is 0.316. The highest BCUT2D eigenvalue weighted by atomic mass is 35.5. The summed E-state index contributed by atoms with van der Waals surface area (Å²) in [5.41, 5.74) is 1.80. The van der Waals surface area contributed by atoms with Crippen LogP contribution in [-0.4, -0.2) is 58.2 Å². The second-order valence-electron chi connectivity index (χ2n) is 6.62. The first-order valence-electron chi connectivity index (χ1n) is 8.83. The average Bonchev–Trinajstić information content (AvgIpc) is 2.67. The molecular formula is C19H21Cl2N3O4S. The summed E-state index contributed by atoms with van der Waals surface area (Å²) < 4.78 is 29.9. The molecule has 3 rings (SSSR count). The van der Waals surface area contributed by atoms with Crippen molar-refractivity contribution in [2.75, 3.05) is 49.8 Å². The van der Waals surface area contributed by atoms with Gasteiger partial charge in [0.25, 0.3) is 5.91 Å². The van der Waals surface area contributed by atoms with Crippen molar-refractivity contribution < 1.29 is 17.9 Å². The van der Waals surface area contributed by atoms with E-state index in [0.717, 1.165) is 5.69 Å². The lowest BCUT2D eigenvalue weighted by Crippen LogP contribution is -2.48. The monoisotopic (exact) mass is 457 g/mol. The fourth-order valence-corrected chi connectivity index (χ4v) is 4.57. The number of anilines is 2. The lowest BCUT2D eigenvalue weighted by Gasteiger charge is -2.34. The van der Waals surface area contributed by atoms with Crippen LogP contribution in [-0.2, 0) is 10.0 Å². The van der Waals surface area contributed by atoms with Gasteiger partial charge in [0.15, 0.2) is 0 Å². The van der Waals surface area contributed by atoms with E-state index in [1.54, 1.807) is 12.1 Å². The van der Waals surface area contributed by atoms with Crippen LogP contribution in [0.1, 0.15) is 10.4 Å². The van der Waals surface area contributed by atoms with Crippen molar-refractivity contribution in [2.24, 2.45) is 0 Å². The molecule has 0 aromatic heterocycles. The maximum atomic E-state index is 12.6. The van der Waals surface area contributed by atoms with Gasteiger partial charge in [0.2, 0.25) is 10.0 Å². The van der Waals surface area contributed by atoms with Gasteiger partial charge in [-0.3, -0.25) is 4.79 Å². The Morgan fingerprint density at radius 3 is 2.24 bits per heavy atom. The van der Waals surface area contributed by atoms with Gasteiger partial charge < -0.3 is 15.0 Å². The largest absolute Gasteiger partial charge is 0.494 e. The van der Waals surface area contributed by atoms with Crippen LogP contribution in [0.25, 0.3) is 0 Å². The van der Waals surface area contributed by atoms with Crippen LogP contribution >= 0.6 is 23.2 Å². The molecule has 1 aliphatic heterocycles. The van der Waals surface area contributed by atoms with E-state index in [1.807, 2.05) is 12.1 Å². The van der Waals surface area contributed by atoms with E-state index >= 15 is 0 Å². The van der Waals surface area contributed by atoms with Crippen molar-refractivity contribution in [3.05, 3.63) is 52.0 Å². The lowest BCUT2D eigenvalue weighted by atomic mass is 10.1. The second kappa shape index (κ2) is 8.79. The second-order valence-corrected chi connectivity index (χ2v) is 9.44. The van der Waals surface area contributed by atoms with Crippen LogP contribution in [0.15, 0.2) is 36.4 Å². The number of halogens is 2. The third-order valence-corrected chi connectivity index (χ3v) is 6.46. The van der Waals surface area contributed by atoms with Crippen LogP contribution in [0.2, 0.25) is 10.0 Å². The highest BCUT2D eigenvalue weighted by molar-refractivity contribution is 7.88. The fourth-order valence-electron chi connectivity index (χ4n) is 3.17. The van der Waals surface area contributed by atoms with Crippen LogP contribution in [0.3, 0.4) is 0 Å². The molecule has 7 nitrogen and oxygen atoms in total. The minimum atomic E-state index is -3.16. The van der Waals surface area contributed by atoms with Crippen LogP contribution in [0.4, 0.5) is 11.4 Å². The lowest BCUT2D eigenvalue weighted by molar-refractivity contribution is 0.102. The first-order chi connectivity index (χ1) is 13.7. The number of nitrogens with one attached hydrogen (secondary N) is 1. The maximum absolute atomic E-state index is 12.6. The van der Waals surface area contributed by atoms with Gasteiger partial charge in [-0.25, -0.2) is 8.42 Å². The first kappa shape index (κ1) is 21.7. The molecule has 0 radical (unpaired) electrons. The van der Waals surface area contributed by atoms with Gasteiger partial charge in [0, 0.05) is 42.6 Å². The summed E-state index contributed by atoms with van der Waals surface area (Å²) in [6.45, 7) is 2.12. The average molecular weight is 458 g/mol. The summed E-state index contributed by atoms with van der Waals surface area (Å²) in [5.74, 6) is -0.130. The van der Waals surface area contributed by atoms with Crippen molar-refractivity contribution in [1.82, 2.24) is 4.31 Å². The maximum Gasteiger partial charge on any atom is 0.259 e. The summed E-state index contributed by atoms with van der Waals surface area (Å²) in [4.78, 5) is 14.7. The highest BCUT2D eigenvalue weighted by Gasteiger charge is 2.23. The van der Waals surface area contributed by atoms with Crippen molar-refractivity contribution in [3.8, 4) is 5.75 Å². The number of nitrogens with zero attached hydrogens (tertiary/aromatic N) is 2. The highest BCUT2D eigenvalue weighted by Crippen LogP contribution is 2.32. The van der Waals surface area contributed by atoms with E-state index in [0.29, 0.717) is 36.9 Å². The van der Waals surface area contributed by atoms with Crippen LogP contribution in [0, 0.1) is 0 Å². The summed E-state index contributed by atoms with van der Waals surface area (Å²) >= 11 is 12.1. The number of amides is 1. The first-order valence-corrected chi connectivity index (χ1v) is 11.4. The minimum absolute atomic E-state index is 0.242. The number of carbonyl (C=O) groups is 1. The SMILES string of the molecule is COc1c(Cl)cc(Cl)cc1C(=O)Nc1ccc(N2CCN(S(C)(=O)=O)CC2)cc1. The molecule has 2 aromatic rings. The van der Waals surface area contributed by atoms with E-state index in [2.05, 4.69) is 10.2 Å². The molecule has 29 heavy (non-hydrogen) atoms. The molecule has 156 valence electrons. The van der Waals surface area contributed by atoms with Crippen LogP contribution < -0.4 is 15.0 Å². The van der Waals surface area contributed by atoms with Crippen molar-refractivity contribution in [2.45, 2.75) is 0 Å². The number of hydrogen-bond acceptors (Lipinski definition) is 5. The molecule has 0 spiro atoms. The number of methoxy groups -OCH3 is 1. The Balaban J connectivity index is 1.68. The normalized spacial score (nSPS) is 15.2. The number of carbonyl (C=O) groups excluding carboxylic acids is 1. The molecule has 2 aromatic carbocycles. The van der Waals surface area contributed by atoms with Gasteiger partial charge in [-0.1, -0.05) is 23.2 Å². The molecule has 0 unspecified atom stereocenters. The quantitative estimate of drug-likeness (QED) is 0.744. The number of benzene rings is 2. The Hall–Kier alpha value is -2.00. The van der Waals surface area contributed by atoms with Gasteiger partial charge in [-0.2, -0.15) is 4.31 Å². The Morgan fingerprint density at radius 2 is 1.69 bits per heavy atom. The van der Waals surface area contributed by atoms with E-state index in [4.69, 9.17) is 27.9 Å². The molecule has 1 aliphatic rings. The number of rotatable bonds is 5. The van der Waals surface area contributed by atoms with Gasteiger partial charge in [0.1, 0.15) is 5.75 Å². The number of ether oxygens (including phenoxy) is 1. The van der Waals surface area contributed by atoms with Gasteiger partial charge in [-0.15, -0.1) is 0 Å². The van der Waals surface area contributed by atoms with E-state index in [1.165, 1.54) is 29.8 Å². The third kappa shape index (κ3) is 5.14. The van der Waals surface area contributed by atoms with Gasteiger partial charge >= 0.3 is 0 Å². The molecule has 0 saturated carbocycles. The van der Waals surface area contributed by atoms with E-state index < -0.39 is 10.0 Å². The molecule has 0 atom stereocenters. The molecule has 0 bridgehead atoms. The van der Waals surface area contributed by atoms with Gasteiger partial charge in [0.05, 0.1) is 24.0 Å². The standard InChI is InChI=1S/C19H21Cl2N3O4S/c1-28-18-16(11-13(20)12-17(18)21)19(25)22-14-3-5-15(6-4-14)23-7-9-24(10-8-23)29(2,26)27/h3-6,11-12H,7-10H2,1-2H3,(H,22,25). The van der Waals surface area contributed by atoms with Crippen LogP contribution in [0.5, 0.6) is 5.75 Å². The molecule has 1 heterocycles. The van der Waals surface area contributed by atoms with E-state index in [-0.39, 0.29) is 22.2 Å². The zero-order valence-electron chi connectivity index (χ0n) is 16.0. The Kier molecular flexibility index (Phi) is 6.58. The molecule has 1 saturated heterocycles. The molecular weight excluding hydrogens is 437 g/mol. The molecule has 1 fully saturated rings. The summed E-state index contributed by atoms with van der Waals surface area (Å²) in [7, 11) is -1.73. The molecule has 1 amide bonds. The molecule has 1 N–H and O–H groups in total. The smallest absolute Gasteiger partial charge is 0.259 e. The predicted octanol–water partition coefficient (Wildman–Crippen LogP) is 3.34. The Labute approximate surface area is 180 Å².